The zero-order chi connectivity index (χ0) is 24.2. The van der Waals surface area contributed by atoms with E-state index in [-0.39, 0.29) is 17.4 Å². The third-order valence-corrected chi connectivity index (χ3v) is 5.12. The molecule has 4 rings (SSSR count). The van der Waals surface area contributed by atoms with Gasteiger partial charge in [0.05, 0.1) is 24.0 Å². The topological polar surface area (TPSA) is 67.9 Å². The molecule has 1 aliphatic rings. The highest BCUT2D eigenvalue weighted by Crippen LogP contribution is 2.34. The van der Waals surface area contributed by atoms with Crippen molar-refractivity contribution in [1.29, 1.82) is 0 Å². The Hall–Kier alpha value is -4.13. The van der Waals surface area contributed by atoms with Gasteiger partial charge in [-0.15, -0.1) is 0 Å². The molecule has 6 nitrogen and oxygen atoms in total. The van der Waals surface area contributed by atoms with Crippen LogP contribution in [0.25, 0.3) is 5.57 Å². The number of hydrogen-bond acceptors (Lipinski definition) is 5. The number of anilines is 2. The highest BCUT2D eigenvalue weighted by molar-refractivity contribution is 6.46. The van der Waals surface area contributed by atoms with Crippen LogP contribution in [0.2, 0.25) is 0 Å². The highest BCUT2D eigenvalue weighted by Gasteiger charge is 2.40. The number of hydrogen-bond donors (Lipinski definition) is 1. The Morgan fingerprint density at radius 2 is 1.47 bits per heavy atom. The molecule has 1 aliphatic heterocycles. The summed E-state index contributed by atoms with van der Waals surface area (Å²) in [6.07, 6.45) is 0.0308. The molecular formula is C27H25FN2O4. The fourth-order valence-electron chi connectivity index (χ4n) is 3.66. The van der Waals surface area contributed by atoms with E-state index in [2.05, 4.69) is 5.32 Å². The fraction of sp³-hybridized carbons (Fsp3) is 0.185. The van der Waals surface area contributed by atoms with Crippen LogP contribution in [0.5, 0.6) is 11.5 Å². The molecule has 0 fully saturated rings. The number of nitrogens with zero attached hydrogens (tertiary/aromatic N) is 1. The molecule has 3 aromatic carbocycles. The van der Waals surface area contributed by atoms with Gasteiger partial charge in [0.15, 0.2) is 0 Å². The summed E-state index contributed by atoms with van der Waals surface area (Å²) in [7, 11) is 0. The molecular weight excluding hydrogens is 435 g/mol. The Morgan fingerprint density at radius 3 is 2.06 bits per heavy atom. The normalized spacial score (nSPS) is 13.6. The minimum absolute atomic E-state index is 0.0308. The molecule has 0 atom stereocenters. The quantitative estimate of drug-likeness (QED) is 0.456. The first-order valence-electron chi connectivity index (χ1n) is 11.0. The van der Waals surface area contributed by atoms with Crippen LogP contribution in [-0.2, 0) is 9.59 Å². The van der Waals surface area contributed by atoms with Gasteiger partial charge < -0.3 is 14.8 Å². The smallest absolute Gasteiger partial charge is 0.282 e. The average molecular weight is 461 g/mol. The lowest BCUT2D eigenvalue weighted by Crippen LogP contribution is -2.32. The van der Waals surface area contributed by atoms with Gasteiger partial charge in [-0.3, -0.25) is 9.59 Å². The Bertz CT molecular complexity index is 1220. The standard InChI is InChI=1S/C27H25FN2O4/c1-4-33-22-15-11-21(12-16-22)30-26(31)24(18-5-7-19(28)8-6-18)25(27(30)32)29-20-9-13-23(14-10-20)34-17(2)3/h5-17,29H,4H2,1-3H3. The van der Waals surface area contributed by atoms with E-state index in [0.29, 0.717) is 35.0 Å². The first-order valence-corrected chi connectivity index (χ1v) is 11.0. The molecule has 1 N–H and O–H groups in total. The van der Waals surface area contributed by atoms with Gasteiger partial charge in [0.25, 0.3) is 11.8 Å². The van der Waals surface area contributed by atoms with Gasteiger partial charge in [-0.05, 0) is 87.0 Å². The summed E-state index contributed by atoms with van der Waals surface area (Å²) < 4.78 is 24.7. The number of halogens is 1. The minimum Gasteiger partial charge on any atom is -0.494 e. The predicted octanol–water partition coefficient (Wildman–Crippen LogP) is 5.41. The van der Waals surface area contributed by atoms with Crippen molar-refractivity contribution in [3.8, 4) is 11.5 Å². The number of imide groups is 1. The fourth-order valence-corrected chi connectivity index (χ4v) is 3.66. The van der Waals surface area contributed by atoms with E-state index in [0.717, 1.165) is 4.90 Å². The second kappa shape index (κ2) is 9.79. The lowest BCUT2D eigenvalue weighted by atomic mass is 10.0. The first-order chi connectivity index (χ1) is 16.4. The van der Waals surface area contributed by atoms with Gasteiger partial charge in [-0.2, -0.15) is 0 Å². The van der Waals surface area contributed by atoms with Crippen molar-refractivity contribution in [3.63, 3.8) is 0 Å². The van der Waals surface area contributed by atoms with Crippen LogP contribution in [0.3, 0.4) is 0 Å². The lowest BCUT2D eigenvalue weighted by molar-refractivity contribution is -0.120. The van der Waals surface area contributed by atoms with E-state index >= 15 is 0 Å². The van der Waals surface area contributed by atoms with Crippen LogP contribution in [0.15, 0.2) is 78.5 Å². The van der Waals surface area contributed by atoms with Crippen molar-refractivity contribution in [2.75, 3.05) is 16.8 Å². The largest absolute Gasteiger partial charge is 0.494 e. The number of carbonyl (C=O) groups is 2. The van der Waals surface area contributed by atoms with Crippen molar-refractivity contribution in [2.45, 2.75) is 26.9 Å². The summed E-state index contributed by atoms with van der Waals surface area (Å²) in [5.74, 6) is -0.101. The number of amides is 2. The van der Waals surface area contributed by atoms with Gasteiger partial charge in [0, 0.05) is 5.69 Å². The molecule has 3 aromatic rings. The average Bonchev–Trinajstić information content (AvgIpc) is 3.05. The van der Waals surface area contributed by atoms with Gasteiger partial charge in [-0.1, -0.05) is 12.1 Å². The third-order valence-electron chi connectivity index (χ3n) is 5.12. The number of carbonyl (C=O) groups excluding carboxylic acids is 2. The van der Waals surface area contributed by atoms with Crippen LogP contribution in [0.4, 0.5) is 15.8 Å². The molecule has 1 heterocycles. The molecule has 0 spiro atoms. The molecule has 0 saturated heterocycles. The highest BCUT2D eigenvalue weighted by atomic mass is 19.1. The SMILES string of the molecule is CCOc1ccc(N2C(=O)C(Nc3ccc(OC(C)C)cc3)=C(c3ccc(F)cc3)C2=O)cc1. The summed E-state index contributed by atoms with van der Waals surface area (Å²) in [6, 6.07) is 19.3. The molecule has 2 amide bonds. The van der Waals surface area contributed by atoms with E-state index in [1.165, 1.54) is 24.3 Å². The molecule has 7 heteroatoms. The third kappa shape index (κ3) is 4.78. The number of nitrogens with one attached hydrogen (secondary N) is 1. The summed E-state index contributed by atoms with van der Waals surface area (Å²) in [6.45, 7) is 6.25. The molecule has 0 aliphatic carbocycles. The summed E-state index contributed by atoms with van der Waals surface area (Å²) >= 11 is 0. The van der Waals surface area contributed by atoms with E-state index in [1.807, 2.05) is 20.8 Å². The lowest BCUT2D eigenvalue weighted by Gasteiger charge is -2.16. The molecule has 0 bridgehead atoms. The van der Waals surface area contributed by atoms with Crippen molar-refractivity contribution < 1.29 is 23.5 Å². The van der Waals surface area contributed by atoms with E-state index in [4.69, 9.17) is 9.47 Å². The number of benzene rings is 3. The first kappa shape index (κ1) is 23.0. The second-order valence-electron chi connectivity index (χ2n) is 7.95. The summed E-state index contributed by atoms with van der Waals surface area (Å²) in [4.78, 5) is 28.0. The van der Waals surface area contributed by atoms with Crippen molar-refractivity contribution in [3.05, 3.63) is 89.9 Å². The van der Waals surface area contributed by atoms with E-state index in [1.54, 1.807) is 48.5 Å². The molecule has 0 saturated carbocycles. The Kier molecular flexibility index (Phi) is 6.63. The Balaban J connectivity index is 1.70. The van der Waals surface area contributed by atoms with Crippen molar-refractivity contribution in [2.24, 2.45) is 0 Å². The van der Waals surface area contributed by atoms with Gasteiger partial charge in [0.2, 0.25) is 0 Å². The van der Waals surface area contributed by atoms with Gasteiger partial charge >= 0.3 is 0 Å². The Morgan fingerprint density at radius 1 is 0.853 bits per heavy atom. The minimum atomic E-state index is -0.504. The molecule has 34 heavy (non-hydrogen) atoms. The van der Waals surface area contributed by atoms with Gasteiger partial charge in [0.1, 0.15) is 23.0 Å². The van der Waals surface area contributed by atoms with Crippen molar-refractivity contribution in [1.82, 2.24) is 0 Å². The maximum absolute atomic E-state index is 13.5. The van der Waals surface area contributed by atoms with Crippen LogP contribution >= 0.6 is 0 Å². The maximum atomic E-state index is 13.5. The van der Waals surface area contributed by atoms with Crippen molar-refractivity contribution >= 4 is 28.8 Å². The summed E-state index contributed by atoms with van der Waals surface area (Å²) in [5, 5.41) is 3.09. The molecule has 0 unspecified atom stereocenters. The maximum Gasteiger partial charge on any atom is 0.282 e. The van der Waals surface area contributed by atoms with Crippen LogP contribution in [0, 0.1) is 5.82 Å². The van der Waals surface area contributed by atoms with Gasteiger partial charge in [-0.25, -0.2) is 9.29 Å². The van der Waals surface area contributed by atoms with E-state index < -0.39 is 17.6 Å². The molecule has 174 valence electrons. The zero-order valence-electron chi connectivity index (χ0n) is 19.2. The van der Waals surface area contributed by atoms with Crippen LogP contribution in [-0.4, -0.2) is 24.5 Å². The zero-order valence-corrected chi connectivity index (χ0v) is 19.2. The monoisotopic (exact) mass is 460 g/mol. The van der Waals surface area contributed by atoms with Crippen LogP contribution < -0.4 is 19.7 Å². The van der Waals surface area contributed by atoms with E-state index in [9.17, 15) is 14.0 Å². The number of rotatable bonds is 8. The second-order valence-corrected chi connectivity index (χ2v) is 7.95. The predicted molar refractivity (Wildman–Crippen MR) is 129 cm³/mol. The Labute approximate surface area is 197 Å². The molecule has 0 radical (unpaired) electrons. The summed E-state index contributed by atoms with van der Waals surface area (Å²) in [5.41, 5.74) is 1.75. The number of ether oxygens (including phenoxy) is 2. The van der Waals surface area contributed by atoms with Crippen LogP contribution in [0.1, 0.15) is 26.3 Å². The molecule has 0 aromatic heterocycles.